The third-order valence-electron chi connectivity index (χ3n) is 4.09. The molecule has 3 N–H and O–H groups in total. The maximum Gasteiger partial charge on any atom is 0.337 e. The lowest BCUT2D eigenvalue weighted by molar-refractivity contribution is -0.719. The minimum atomic E-state index is -0.995. The van der Waals surface area contributed by atoms with Crippen LogP contribution in [0.5, 0.6) is 0 Å². The van der Waals surface area contributed by atoms with Crippen molar-refractivity contribution in [3.8, 4) is 11.4 Å². The number of amides is 1. The number of nitrogens with one attached hydrogen (secondary N) is 2. The van der Waals surface area contributed by atoms with E-state index in [1.165, 1.54) is 30.1 Å². The topological polar surface area (TPSA) is 111 Å². The number of carboxylic acid groups (broad SMARTS) is 1. The van der Waals surface area contributed by atoms with Gasteiger partial charge in [-0.05, 0) is 60.6 Å². The van der Waals surface area contributed by atoms with Gasteiger partial charge in [-0.3, -0.25) is 4.79 Å². The number of H-pyrrole nitrogens is 1. The second-order valence-electron chi connectivity index (χ2n) is 6.11. The van der Waals surface area contributed by atoms with Crippen molar-refractivity contribution in [3.63, 3.8) is 0 Å². The van der Waals surface area contributed by atoms with E-state index in [1.807, 2.05) is 35.8 Å². The molecule has 10 heteroatoms. The molecular formula is C20H19ClN5O3S+. The number of benzene rings is 2. The van der Waals surface area contributed by atoms with E-state index < -0.39 is 5.97 Å². The molecule has 30 heavy (non-hydrogen) atoms. The predicted octanol–water partition coefficient (Wildman–Crippen LogP) is 2.98. The monoisotopic (exact) mass is 444 g/mol. The summed E-state index contributed by atoms with van der Waals surface area (Å²) < 4.78 is 1.98. The van der Waals surface area contributed by atoms with Gasteiger partial charge in [0.15, 0.2) is 0 Å². The number of nitrogens with zero attached hydrogens (tertiary/aromatic N) is 3. The highest BCUT2D eigenvalue weighted by molar-refractivity contribution is 7.99. The van der Waals surface area contributed by atoms with Gasteiger partial charge in [-0.1, -0.05) is 23.7 Å². The summed E-state index contributed by atoms with van der Waals surface area (Å²) in [6, 6.07) is 13.6. The van der Waals surface area contributed by atoms with Crippen molar-refractivity contribution < 1.29 is 19.3 Å². The lowest BCUT2D eigenvalue weighted by atomic mass is 10.1. The van der Waals surface area contributed by atoms with Gasteiger partial charge in [-0.15, -0.1) is 5.10 Å². The summed E-state index contributed by atoms with van der Waals surface area (Å²) in [6.45, 7) is 2.68. The van der Waals surface area contributed by atoms with Crippen LogP contribution in [0.1, 0.15) is 22.8 Å². The van der Waals surface area contributed by atoms with E-state index >= 15 is 0 Å². The van der Waals surface area contributed by atoms with Crippen LogP contribution in [0, 0.1) is 0 Å². The molecule has 1 heterocycles. The second-order valence-corrected chi connectivity index (χ2v) is 7.49. The fourth-order valence-corrected chi connectivity index (χ4v) is 3.54. The molecule has 0 aliphatic heterocycles. The van der Waals surface area contributed by atoms with Crippen molar-refractivity contribution in [1.82, 2.24) is 15.6 Å². The largest absolute Gasteiger partial charge is 0.478 e. The first-order chi connectivity index (χ1) is 14.5. The van der Waals surface area contributed by atoms with Crippen molar-refractivity contribution in [1.29, 1.82) is 0 Å². The standard InChI is InChI=1S/C20H18ClN5O3S/c1-2-26-18(14-7-9-16(21)10-8-14)24-25-20(26)30-12-17(27)23-22-11-13-3-5-15(6-4-13)19(28)29/h3-11H,2,12H2,1H3,(H2,23,27,28,29)/p+1/b22-11+. The number of hydrazone groups is 1. The zero-order valence-corrected chi connectivity index (χ0v) is 17.6. The van der Waals surface area contributed by atoms with Crippen LogP contribution in [-0.2, 0) is 11.3 Å². The van der Waals surface area contributed by atoms with Crippen molar-refractivity contribution in [3.05, 3.63) is 64.7 Å². The highest BCUT2D eigenvalue weighted by Crippen LogP contribution is 2.19. The maximum absolute atomic E-state index is 12.1. The Labute approximate surface area is 182 Å². The number of aromatic nitrogens is 3. The van der Waals surface area contributed by atoms with E-state index in [2.05, 4.69) is 20.7 Å². The summed E-state index contributed by atoms with van der Waals surface area (Å²) in [6.07, 6.45) is 1.45. The Morgan fingerprint density at radius 2 is 1.93 bits per heavy atom. The number of carbonyl (C=O) groups is 2. The van der Waals surface area contributed by atoms with Crippen LogP contribution in [0.4, 0.5) is 0 Å². The SMILES string of the molecule is CC[n+]1c(SCC(=O)N/N=C/c2ccc(C(=O)O)cc2)n[nH]c1-c1ccc(Cl)cc1. The summed E-state index contributed by atoms with van der Waals surface area (Å²) in [5.41, 5.74) is 4.27. The van der Waals surface area contributed by atoms with Crippen LogP contribution >= 0.6 is 23.4 Å². The van der Waals surface area contributed by atoms with E-state index in [1.54, 1.807) is 12.1 Å². The number of carbonyl (C=O) groups excluding carboxylic acids is 1. The molecule has 8 nitrogen and oxygen atoms in total. The number of aromatic carboxylic acids is 1. The molecule has 0 unspecified atom stereocenters. The van der Waals surface area contributed by atoms with Gasteiger partial charge in [0.25, 0.3) is 11.7 Å². The molecular weight excluding hydrogens is 426 g/mol. The van der Waals surface area contributed by atoms with Crippen LogP contribution in [0.25, 0.3) is 11.4 Å². The lowest BCUT2D eigenvalue weighted by Gasteiger charge is -2.01. The Hall–Kier alpha value is -3.17. The molecule has 3 rings (SSSR count). The molecule has 0 fully saturated rings. The van der Waals surface area contributed by atoms with Crippen LogP contribution in [0.3, 0.4) is 0 Å². The number of halogens is 1. The molecule has 0 saturated carbocycles. The minimum absolute atomic E-state index is 0.139. The van der Waals surface area contributed by atoms with E-state index in [9.17, 15) is 9.59 Å². The number of thioether (sulfide) groups is 1. The van der Waals surface area contributed by atoms with E-state index in [4.69, 9.17) is 16.7 Å². The average molecular weight is 445 g/mol. The third-order valence-corrected chi connectivity index (χ3v) is 5.31. The normalized spacial score (nSPS) is 11.0. The first kappa shape index (κ1) is 21.5. The zero-order chi connectivity index (χ0) is 21.5. The fraction of sp³-hybridized carbons (Fsp3) is 0.150. The van der Waals surface area contributed by atoms with Crippen LogP contribution in [0.15, 0.2) is 58.8 Å². The molecule has 0 aliphatic carbocycles. The molecule has 0 spiro atoms. The van der Waals surface area contributed by atoms with E-state index in [0.717, 1.165) is 11.4 Å². The quantitative estimate of drug-likeness (QED) is 0.214. The molecule has 0 atom stereocenters. The highest BCUT2D eigenvalue weighted by atomic mass is 35.5. The number of hydrogen-bond acceptors (Lipinski definition) is 5. The molecule has 1 aromatic heterocycles. The van der Waals surface area contributed by atoms with Crippen molar-refractivity contribution >= 4 is 41.5 Å². The maximum atomic E-state index is 12.1. The third kappa shape index (κ3) is 5.46. The van der Waals surface area contributed by atoms with Crippen molar-refractivity contribution in [2.24, 2.45) is 5.10 Å². The van der Waals surface area contributed by atoms with E-state index in [-0.39, 0.29) is 17.2 Å². The minimum Gasteiger partial charge on any atom is -0.478 e. The van der Waals surface area contributed by atoms with Crippen LogP contribution < -0.4 is 9.99 Å². The number of carboxylic acids is 1. The van der Waals surface area contributed by atoms with Gasteiger partial charge in [0.05, 0.1) is 34.7 Å². The van der Waals surface area contributed by atoms with E-state index in [0.29, 0.717) is 22.3 Å². The van der Waals surface area contributed by atoms with Gasteiger partial charge in [0.2, 0.25) is 0 Å². The molecule has 0 saturated heterocycles. The Morgan fingerprint density at radius 3 is 2.57 bits per heavy atom. The predicted molar refractivity (Wildman–Crippen MR) is 115 cm³/mol. The first-order valence-corrected chi connectivity index (χ1v) is 10.4. The molecule has 3 aromatic rings. The van der Waals surface area contributed by atoms with Gasteiger partial charge in [0.1, 0.15) is 0 Å². The van der Waals surface area contributed by atoms with Crippen LogP contribution in [0.2, 0.25) is 5.02 Å². The number of aromatic amines is 1. The number of hydrogen-bond donors (Lipinski definition) is 3. The fourth-order valence-electron chi connectivity index (χ4n) is 2.60. The van der Waals surface area contributed by atoms with Gasteiger partial charge in [0, 0.05) is 5.02 Å². The summed E-state index contributed by atoms with van der Waals surface area (Å²) in [5, 5.41) is 21.4. The summed E-state index contributed by atoms with van der Waals surface area (Å²) in [4.78, 5) is 22.9. The summed E-state index contributed by atoms with van der Waals surface area (Å²) in [5.74, 6) is -0.303. The van der Waals surface area contributed by atoms with Gasteiger partial charge in [-0.25, -0.2) is 14.8 Å². The molecule has 154 valence electrons. The second kappa shape index (κ2) is 10.0. The Morgan fingerprint density at radius 1 is 1.23 bits per heavy atom. The molecule has 0 aliphatic rings. The summed E-state index contributed by atoms with van der Waals surface area (Å²) >= 11 is 7.24. The first-order valence-electron chi connectivity index (χ1n) is 9.00. The van der Waals surface area contributed by atoms with Crippen LogP contribution in [-0.4, -0.2) is 39.1 Å². The van der Waals surface area contributed by atoms with Crippen molar-refractivity contribution in [2.75, 3.05) is 5.75 Å². The zero-order valence-electron chi connectivity index (χ0n) is 16.0. The summed E-state index contributed by atoms with van der Waals surface area (Å²) in [7, 11) is 0. The molecule has 1 amide bonds. The Kier molecular flexibility index (Phi) is 7.21. The van der Waals surface area contributed by atoms with Gasteiger partial charge < -0.3 is 5.11 Å². The smallest absolute Gasteiger partial charge is 0.337 e. The number of rotatable bonds is 8. The van der Waals surface area contributed by atoms with Crippen molar-refractivity contribution in [2.45, 2.75) is 18.6 Å². The average Bonchev–Trinajstić information content (AvgIpc) is 3.16. The van der Waals surface area contributed by atoms with Gasteiger partial charge in [-0.2, -0.15) is 5.10 Å². The Balaban J connectivity index is 1.57. The highest BCUT2D eigenvalue weighted by Gasteiger charge is 2.21. The molecule has 0 radical (unpaired) electrons. The van der Waals surface area contributed by atoms with Gasteiger partial charge >= 0.3 is 11.1 Å². The molecule has 2 aromatic carbocycles. The lowest BCUT2D eigenvalue weighted by Crippen LogP contribution is -2.36. The molecule has 0 bridgehead atoms. The Bertz CT molecular complexity index is 1070.